The van der Waals surface area contributed by atoms with E-state index in [9.17, 15) is 24.0 Å². The highest BCUT2D eigenvalue weighted by Gasteiger charge is 2.36. The summed E-state index contributed by atoms with van der Waals surface area (Å²) in [5.41, 5.74) is 0.889. The van der Waals surface area contributed by atoms with Gasteiger partial charge in [0.1, 0.15) is 18.1 Å². The molecule has 1 aromatic rings. The zero-order valence-electron chi connectivity index (χ0n) is 17.7. The molecule has 3 N–H and O–H groups in total. The molecule has 0 aliphatic carbocycles. The first kappa shape index (κ1) is 23.8. The number of esters is 2. The van der Waals surface area contributed by atoms with E-state index in [1.165, 1.54) is 7.11 Å². The molecule has 0 aromatic heterocycles. The number of rotatable bonds is 9. The fourth-order valence-electron chi connectivity index (χ4n) is 3.26. The third-order valence-electron chi connectivity index (χ3n) is 4.95. The van der Waals surface area contributed by atoms with Crippen molar-refractivity contribution >= 4 is 29.7 Å². The van der Waals surface area contributed by atoms with Crippen LogP contribution in [-0.2, 0) is 39.9 Å². The Labute approximate surface area is 180 Å². The van der Waals surface area contributed by atoms with Gasteiger partial charge in [0.25, 0.3) is 0 Å². The first-order valence-electron chi connectivity index (χ1n) is 9.84. The van der Waals surface area contributed by atoms with Crippen LogP contribution >= 0.6 is 0 Å². The Morgan fingerprint density at radius 1 is 0.968 bits per heavy atom. The second-order valence-electron chi connectivity index (χ2n) is 7.32. The minimum atomic E-state index is -1.10. The molecular weight excluding hydrogens is 406 g/mol. The quantitative estimate of drug-likeness (QED) is 0.444. The third-order valence-corrected chi connectivity index (χ3v) is 4.95. The summed E-state index contributed by atoms with van der Waals surface area (Å²) in [7, 11) is 2.38. The van der Waals surface area contributed by atoms with Crippen molar-refractivity contribution in [2.75, 3.05) is 14.2 Å². The fraction of sp³-hybridized carbons (Fsp3) is 0.476. The summed E-state index contributed by atoms with van der Waals surface area (Å²) >= 11 is 0. The zero-order valence-corrected chi connectivity index (χ0v) is 17.7. The van der Waals surface area contributed by atoms with Gasteiger partial charge in [-0.3, -0.25) is 19.2 Å². The molecule has 1 heterocycles. The smallest absolute Gasteiger partial charge is 0.328 e. The van der Waals surface area contributed by atoms with E-state index >= 15 is 0 Å². The number of amides is 3. The molecule has 1 aromatic carbocycles. The lowest BCUT2D eigenvalue weighted by Gasteiger charge is -2.29. The van der Waals surface area contributed by atoms with E-state index in [1.54, 1.807) is 6.92 Å². The molecule has 1 fully saturated rings. The molecule has 0 saturated carbocycles. The van der Waals surface area contributed by atoms with Crippen LogP contribution in [0.15, 0.2) is 30.3 Å². The number of hydrogen-bond acceptors (Lipinski definition) is 7. The van der Waals surface area contributed by atoms with Crippen LogP contribution in [-0.4, -0.2) is 62.0 Å². The van der Waals surface area contributed by atoms with Crippen LogP contribution in [0.1, 0.15) is 25.3 Å². The van der Waals surface area contributed by atoms with Crippen LogP contribution in [0.5, 0.6) is 0 Å². The first-order chi connectivity index (χ1) is 14.7. The zero-order chi connectivity index (χ0) is 23.0. The van der Waals surface area contributed by atoms with Crippen molar-refractivity contribution < 1.29 is 33.4 Å². The highest BCUT2D eigenvalue weighted by Crippen LogP contribution is 2.11. The number of ether oxygens (including phenoxy) is 2. The SMILES string of the molecule is COC(=O)[C@@H](C)C[C@@H](NC(=O)C[C@@H]1NC(=O)[C@H](Cc2ccccc2)NC1=O)C(=O)OC. The van der Waals surface area contributed by atoms with E-state index in [-0.39, 0.29) is 12.8 Å². The summed E-state index contributed by atoms with van der Waals surface area (Å²) in [6, 6.07) is 6.31. The van der Waals surface area contributed by atoms with Gasteiger partial charge in [-0.05, 0) is 12.0 Å². The highest BCUT2D eigenvalue weighted by atomic mass is 16.5. The van der Waals surface area contributed by atoms with Gasteiger partial charge in [0.15, 0.2) is 0 Å². The predicted octanol–water partition coefficient (Wildman–Crippen LogP) is -0.541. The Morgan fingerprint density at radius 3 is 2.16 bits per heavy atom. The topological polar surface area (TPSA) is 140 Å². The summed E-state index contributed by atoms with van der Waals surface area (Å²) in [4.78, 5) is 60.8. The molecule has 168 valence electrons. The van der Waals surface area contributed by atoms with Crippen LogP contribution < -0.4 is 16.0 Å². The summed E-state index contributed by atoms with van der Waals surface area (Å²) < 4.78 is 9.30. The monoisotopic (exact) mass is 433 g/mol. The molecule has 0 radical (unpaired) electrons. The van der Waals surface area contributed by atoms with Gasteiger partial charge in [0.05, 0.1) is 26.6 Å². The number of methoxy groups -OCH3 is 2. The summed E-state index contributed by atoms with van der Waals surface area (Å²) in [5, 5.41) is 7.64. The minimum Gasteiger partial charge on any atom is -0.469 e. The predicted molar refractivity (Wildman–Crippen MR) is 108 cm³/mol. The van der Waals surface area contributed by atoms with Crippen molar-refractivity contribution in [3.8, 4) is 0 Å². The average Bonchev–Trinajstić information content (AvgIpc) is 2.76. The summed E-state index contributed by atoms with van der Waals surface area (Å²) in [5.74, 6) is -3.46. The molecule has 10 nitrogen and oxygen atoms in total. The van der Waals surface area contributed by atoms with Gasteiger partial charge in [-0.1, -0.05) is 37.3 Å². The first-order valence-corrected chi connectivity index (χ1v) is 9.84. The lowest BCUT2D eigenvalue weighted by atomic mass is 10.00. The van der Waals surface area contributed by atoms with Gasteiger partial charge in [0.2, 0.25) is 17.7 Å². The van der Waals surface area contributed by atoms with Gasteiger partial charge in [-0.2, -0.15) is 0 Å². The van der Waals surface area contributed by atoms with Crippen molar-refractivity contribution in [3.05, 3.63) is 35.9 Å². The Kier molecular flexibility index (Phi) is 8.53. The number of hydrogen-bond donors (Lipinski definition) is 3. The molecule has 0 spiro atoms. The van der Waals surface area contributed by atoms with E-state index in [0.29, 0.717) is 6.42 Å². The van der Waals surface area contributed by atoms with Crippen molar-refractivity contribution in [2.45, 2.75) is 44.3 Å². The molecule has 31 heavy (non-hydrogen) atoms. The number of nitrogens with one attached hydrogen (secondary N) is 3. The molecule has 2 rings (SSSR count). The van der Waals surface area contributed by atoms with E-state index in [2.05, 4.69) is 25.4 Å². The van der Waals surface area contributed by atoms with Gasteiger partial charge in [-0.25, -0.2) is 4.79 Å². The van der Waals surface area contributed by atoms with E-state index in [4.69, 9.17) is 0 Å². The minimum absolute atomic E-state index is 0.0343. The van der Waals surface area contributed by atoms with Crippen molar-refractivity contribution in [1.82, 2.24) is 16.0 Å². The van der Waals surface area contributed by atoms with Crippen LogP contribution in [0.25, 0.3) is 0 Å². The molecule has 3 amide bonds. The van der Waals surface area contributed by atoms with Gasteiger partial charge in [0, 0.05) is 6.42 Å². The Hall–Kier alpha value is -3.43. The molecule has 1 aliphatic rings. The number of carbonyl (C=O) groups excluding carboxylic acids is 5. The van der Waals surface area contributed by atoms with Crippen molar-refractivity contribution in [2.24, 2.45) is 5.92 Å². The van der Waals surface area contributed by atoms with Gasteiger partial charge < -0.3 is 25.4 Å². The Bertz CT molecular complexity index is 828. The number of carbonyl (C=O) groups is 5. The maximum Gasteiger partial charge on any atom is 0.328 e. The Balaban J connectivity index is 1.94. The van der Waals surface area contributed by atoms with E-state index in [1.807, 2.05) is 30.3 Å². The van der Waals surface area contributed by atoms with Crippen molar-refractivity contribution in [1.29, 1.82) is 0 Å². The lowest BCUT2D eigenvalue weighted by Crippen LogP contribution is -2.63. The number of piperazine rings is 1. The average molecular weight is 433 g/mol. The fourth-order valence-corrected chi connectivity index (χ4v) is 3.26. The second-order valence-corrected chi connectivity index (χ2v) is 7.32. The Morgan fingerprint density at radius 2 is 1.55 bits per heavy atom. The molecule has 0 bridgehead atoms. The molecular formula is C21H27N3O7. The van der Waals surface area contributed by atoms with Gasteiger partial charge in [-0.15, -0.1) is 0 Å². The molecule has 10 heteroatoms. The normalized spacial score (nSPS) is 20.0. The molecule has 1 saturated heterocycles. The molecule has 4 atom stereocenters. The third kappa shape index (κ3) is 6.80. The van der Waals surface area contributed by atoms with Crippen LogP contribution in [0.3, 0.4) is 0 Å². The van der Waals surface area contributed by atoms with E-state index < -0.39 is 53.7 Å². The van der Waals surface area contributed by atoms with Crippen molar-refractivity contribution in [3.63, 3.8) is 0 Å². The summed E-state index contributed by atoms with van der Waals surface area (Å²) in [6.07, 6.45) is -0.0731. The van der Waals surface area contributed by atoms with Crippen LogP contribution in [0.2, 0.25) is 0 Å². The summed E-state index contributed by atoms with van der Waals surface area (Å²) in [6.45, 7) is 1.55. The maximum atomic E-state index is 12.4. The number of benzene rings is 1. The standard InChI is InChI=1S/C21H27N3O7/c1-12(20(28)30-2)9-16(21(29)31-3)22-17(25)11-15-19(27)23-14(18(26)24-15)10-13-7-5-4-6-8-13/h4-8,12,14-16H,9-11H2,1-3H3,(H,22,25)(H,23,27)(H,24,26)/t12-,14-,15-,16+/m0/s1. The highest BCUT2D eigenvalue weighted by molar-refractivity contribution is 5.99. The maximum absolute atomic E-state index is 12.4. The van der Waals surface area contributed by atoms with Crippen LogP contribution in [0, 0.1) is 5.92 Å². The van der Waals surface area contributed by atoms with E-state index in [0.717, 1.165) is 12.7 Å². The van der Waals surface area contributed by atoms with Gasteiger partial charge >= 0.3 is 11.9 Å². The second kappa shape index (κ2) is 11.1. The largest absolute Gasteiger partial charge is 0.469 e. The van der Waals surface area contributed by atoms with Crippen LogP contribution in [0.4, 0.5) is 0 Å². The lowest BCUT2D eigenvalue weighted by molar-refractivity contribution is -0.149. The molecule has 1 aliphatic heterocycles. The molecule has 0 unspecified atom stereocenters.